The van der Waals surface area contributed by atoms with Gasteiger partial charge in [-0.3, -0.25) is 10.2 Å². The molecule has 0 aromatic heterocycles. The summed E-state index contributed by atoms with van der Waals surface area (Å²) in [5.74, 6) is 0.773. The van der Waals surface area contributed by atoms with E-state index in [4.69, 9.17) is 20.0 Å². The number of nitrogens with zero attached hydrogens (tertiary/aromatic N) is 2. The fourth-order valence-corrected chi connectivity index (χ4v) is 4.71. The molecule has 2 saturated heterocycles. The number of nitrogens with two attached hydrogens (primary N) is 1. The summed E-state index contributed by atoms with van der Waals surface area (Å²) in [4.78, 5) is 6.33. The van der Waals surface area contributed by atoms with Gasteiger partial charge in [-0.2, -0.15) is 10.3 Å². The minimum Gasteiger partial charge on any atom is -0.484 e. The van der Waals surface area contributed by atoms with Crippen molar-refractivity contribution in [1.82, 2.24) is 10.4 Å². The van der Waals surface area contributed by atoms with Crippen LogP contribution >= 0.6 is 0 Å². The van der Waals surface area contributed by atoms with Crippen molar-refractivity contribution in [2.45, 2.75) is 49.9 Å². The molecule has 0 bridgehead atoms. The molecule has 0 saturated carbocycles. The highest BCUT2D eigenvalue weighted by atomic mass is 16.7. The molecule has 7 nitrogen and oxygen atoms in total. The van der Waals surface area contributed by atoms with Crippen molar-refractivity contribution < 1.29 is 14.3 Å². The lowest BCUT2D eigenvalue weighted by molar-refractivity contribution is -0.233. The zero-order chi connectivity index (χ0) is 20.9. The predicted molar refractivity (Wildman–Crippen MR) is 111 cm³/mol. The van der Waals surface area contributed by atoms with E-state index in [1.54, 1.807) is 11.1 Å². The molecule has 2 aromatic rings. The molecule has 2 unspecified atom stereocenters. The first-order valence-electron chi connectivity index (χ1n) is 10.3. The van der Waals surface area contributed by atoms with Gasteiger partial charge in [-0.1, -0.05) is 18.2 Å². The third kappa shape index (κ3) is 3.18. The van der Waals surface area contributed by atoms with E-state index in [0.717, 1.165) is 35.3 Å². The van der Waals surface area contributed by atoms with Crippen LogP contribution in [0.2, 0.25) is 0 Å². The smallest absolute Gasteiger partial charge is 0.176 e. The van der Waals surface area contributed by atoms with Gasteiger partial charge in [0.05, 0.1) is 24.3 Å². The van der Waals surface area contributed by atoms with Crippen molar-refractivity contribution in [1.29, 1.82) is 5.26 Å². The van der Waals surface area contributed by atoms with Crippen LogP contribution in [0.25, 0.3) is 11.1 Å². The number of nitrogens with one attached hydrogen (secondary N) is 1. The normalized spacial score (nSPS) is 33.3. The summed E-state index contributed by atoms with van der Waals surface area (Å²) in [6.45, 7) is 2.61. The van der Waals surface area contributed by atoms with Gasteiger partial charge in [-0.05, 0) is 55.2 Å². The molecule has 7 heteroatoms. The van der Waals surface area contributed by atoms with Crippen molar-refractivity contribution in [3.8, 4) is 22.9 Å². The van der Waals surface area contributed by atoms with Gasteiger partial charge in [0.15, 0.2) is 5.72 Å². The van der Waals surface area contributed by atoms with Gasteiger partial charge in [-0.25, -0.2) is 0 Å². The molecule has 3 heterocycles. The Balaban J connectivity index is 1.59. The lowest BCUT2D eigenvalue weighted by Crippen LogP contribution is -2.58. The molecule has 2 spiro atoms. The van der Waals surface area contributed by atoms with E-state index < -0.39 is 17.6 Å². The third-order valence-corrected chi connectivity index (χ3v) is 6.35. The molecule has 5 rings (SSSR count). The number of benzene rings is 2. The van der Waals surface area contributed by atoms with Crippen LogP contribution in [0.1, 0.15) is 37.3 Å². The van der Waals surface area contributed by atoms with Crippen molar-refractivity contribution >= 4 is 0 Å². The Kier molecular flexibility index (Phi) is 4.58. The maximum atomic E-state index is 9.25. The average Bonchev–Trinajstić information content (AvgIpc) is 3.03. The van der Waals surface area contributed by atoms with Gasteiger partial charge in [0.2, 0.25) is 0 Å². The highest BCUT2D eigenvalue weighted by molar-refractivity contribution is 5.68. The molecular formula is C23H26N4O3. The summed E-state index contributed by atoms with van der Waals surface area (Å²) >= 11 is 0. The molecule has 2 fully saturated rings. The van der Waals surface area contributed by atoms with E-state index in [9.17, 15) is 5.26 Å². The Morgan fingerprint density at radius 2 is 2.07 bits per heavy atom. The van der Waals surface area contributed by atoms with Crippen LogP contribution in [0.15, 0.2) is 42.5 Å². The first-order valence-corrected chi connectivity index (χ1v) is 10.3. The first kappa shape index (κ1) is 19.5. The molecule has 3 N–H and O–H groups in total. The first-order chi connectivity index (χ1) is 14.4. The van der Waals surface area contributed by atoms with E-state index >= 15 is 0 Å². The minimum absolute atomic E-state index is 0.230. The van der Waals surface area contributed by atoms with Crippen molar-refractivity contribution in [3.05, 3.63) is 53.6 Å². The highest BCUT2D eigenvalue weighted by Crippen LogP contribution is 2.50. The average molecular weight is 406 g/mol. The van der Waals surface area contributed by atoms with E-state index in [1.165, 1.54) is 0 Å². The second kappa shape index (κ2) is 7.05. The second-order valence-electron chi connectivity index (χ2n) is 8.58. The molecule has 2 aromatic carbocycles. The number of rotatable bonds is 1. The number of fused-ring (bicyclic) bond motifs is 2. The standard InChI is InChI=1S/C23H26N4O3/c1-15-8-9-22(14-28-15)13-23(26-21(25)27(2)30-23)19-11-18(6-7-20(19)29-22)17-5-3-4-16(10-17)12-24/h3-7,10-11,15,21,26H,8-9,13-14,25H2,1-2H3/t15-,21?,22-,23?/m0/s1. The number of hydrogen-bond acceptors (Lipinski definition) is 7. The molecule has 0 radical (unpaired) electrons. The summed E-state index contributed by atoms with van der Waals surface area (Å²) in [6.07, 6.45) is 2.23. The van der Waals surface area contributed by atoms with E-state index in [1.807, 2.05) is 37.4 Å². The van der Waals surface area contributed by atoms with Crippen LogP contribution in [-0.4, -0.2) is 36.7 Å². The van der Waals surface area contributed by atoms with Gasteiger partial charge in [0.1, 0.15) is 17.6 Å². The van der Waals surface area contributed by atoms with Crippen molar-refractivity contribution in [3.63, 3.8) is 0 Å². The SMILES string of the molecule is C[C@H]1CC[C@@]2(CO1)CC1(NC(N)N(C)O1)c1cc(-c3cccc(C#N)c3)ccc1O2. The van der Waals surface area contributed by atoms with Gasteiger partial charge < -0.3 is 15.2 Å². The van der Waals surface area contributed by atoms with Gasteiger partial charge >= 0.3 is 0 Å². The quantitative estimate of drug-likeness (QED) is 0.752. The lowest BCUT2D eigenvalue weighted by atomic mass is 9.79. The fourth-order valence-electron chi connectivity index (χ4n) is 4.71. The highest BCUT2D eigenvalue weighted by Gasteiger charge is 2.56. The van der Waals surface area contributed by atoms with Crippen LogP contribution in [0.4, 0.5) is 0 Å². The summed E-state index contributed by atoms with van der Waals surface area (Å²) < 4.78 is 12.5. The zero-order valence-electron chi connectivity index (χ0n) is 17.2. The van der Waals surface area contributed by atoms with E-state index in [2.05, 4.69) is 24.4 Å². The maximum Gasteiger partial charge on any atom is 0.176 e. The Morgan fingerprint density at radius 1 is 1.23 bits per heavy atom. The fraction of sp³-hybridized carbons (Fsp3) is 0.435. The van der Waals surface area contributed by atoms with Crippen LogP contribution in [0.5, 0.6) is 5.75 Å². The number of hydroxylamine groups is 2. The van der Waals surface area contributed by atoms with Crippen molar-refractivity contribution in [2.24, 2.45) is 5.73 Å². The molecule has 30 heavy (non-hydrogen) atoms. The Labute approximate surface area is 176 Å². The Morgan fingerprint density at radius 3 is 2.77 bits per heavy atom. The monoisotopic (exact) mass is 406 g/mol. The third-order valence-electron chi connectivity index (χ3n) is 6.35. The second-order valence-corrected chi connectivity index (χ2v) is 8.58. The molecule has 0 aliphatic carbocycles. The molecule has 3 aliphatic rings. The van der Waals surface area contributed by atoms with Gasteiger partial charge in [0, 0.05) is 19.0 Å². The molecule has 156 valence electrons. The van der Waals surface area contributed by atoms with Gasteiger partial charge in [0.25, 0.3) is 0 Å². The predicted octanol–water partition coefficient (Wildman–Crippen LogP) is 2.81. The summed E-state index contributed by atoms with van der Waals surface area (Å²) in [7, 11) is 1.83. The Hall–Kier alpha value is -2.47. The summed E-state index contributed by atoms with van der Waals surface area (Å²) in [5, 5.41) is 14.4. The van der Waals surface area contributed by atoms with E-state index in [-0.39, 0.29) is 6.10 Å². The van der Waals surface area contributed by atoms with Crippen LogP contribution in [0, 0.1) is 11.3 Å². The topological polar surface area (TPSA) is 92.8 Å². The molecular weight excluding hydrogens is 380 g/mol. The van der Waals surface area contributed by atoms with Crippen LogP contribution < -0.4 is 15.8 Å². The zero-order valence-corrected chi connectivity index (χ0v) is 17.2. The van der Waals surface area contributed by atoms with Crippen LogP contribution in [-0.2, 0) is 15.3 Å². The van der Waals surface area contributed by atoms with Gasteiger partial charge in [-0.15, -0.1) is 0 Å². The summed E-state index contributed by atoms with van der Waals surface area (Å²) in [6, 6.07) is 15.9. The van der Waals surface area contributed by atoms with Crippen molar-refractivity contribution in [2.75, 3.05) is 13.7 Å². The lowest BCUT2D eigenvalue weighted by Gasteiger charge is -2.48. The van der Waals surface area contributed by atoms with Crippen LogP contribution in [0.3, 0.4) is 0 Å². The Bertz CT molecular complexity index is 1000. The molecule has 4 atom stereocenters. The number of ether oxygens (including phenoxy) is 2. The summed E-state index contributed by atoms with van der Waals surface area (Å²) in [5.41, 5.74) is 8.49. The number of hydrogen-bond donors (Lipinski definition) is 2. The largest absolute Gasteiger partial charge is 0.484 e. The number of nitriles is 1. The maximum absolute atomic E-state index is 9.25. The molecule has 3 aliphatic heterocycles. The minimum atomic E-state index is -0.797. The molecule has 0 amide bonds. The van der Waals surface area contributed by atoms with E-state index in [0.29, 0.717) is 18.6 Å².